The molecule has 1 aromatic carbocycles. The summed E-state index contributed by atoms with van der Waals surface area (Å²) in [5.41, 5.74) is 5.62. The predicted molar refractivity (Wildman–Crippen MR) is 99.3 cm³/mol. The number of thiazole rings is 1. The van der Waals surface area contributed by atoms with Crippen LogP contribution in [0.25, 0.3) is 33.1 Å². The van der Waals surface area contributed by atoms with Gasteiger partial charge < -0.3 is 4.57 Å². The number of thioether (sulfide) groups is 1. The fourth-order valence-electron chi connectivity index (χ4n) is 2.65. The fourth-order valence-corrected chi connectivity index (χ4v) is 3.89. The number of imidazole rings is 1. The molecule has 0 saturated carbocycles. The normalized spacial score (nSPS) is 11.2. The molecule has 0 bridgehead atoms. The van der Waals surface area contributed by atoms with Gasteiger partial charge in [0.1, 0.15) is 21.1 Å². The Kier molecular flexibility index (Phi) is 4.03. The van der Waals surface area contributed by atoms with Crippen LogP contribution in [-0.2, 0) is 6.54 Å². The van der Waals surface area contributed by atoms with E-state index in [0.717, 1.165) is 38.9 Å². The van der Waals surface area contributed by atoms with E-state index in [2.05, 4.69) is 33.6 Å². The second kappa shape index (κ2) is 6.33. The third kappa shape index (κ3) is 2.50. The molecule has 0 aliphatic rings. The zero-order valence-electron chi connectivity index (χ0n) is 13.3. The molecule has 3 aromatic heterocycles. The van der Waals surface area contributed by atoms with Gasteiger partial charge in [0, 0.05) is 12.1 Å². The van der Waals surface area contributed by atoms with E-state index in [-0.39, 0.29) is 0 Å². The van der Waals surface area contributed by atoms with Gasteiger partial charge in [0.05, 0.1) is 17.5 Å². The number of fused-ring (bicyclic) bond motifs is 1. The van der Waals surface area contributed by atoms with Crippen LogP contribution in [-0.4, -0.2) is 30.8 Å². The minimum Gasteiger partial charge on any atom is -0.328 e. The number of aromatic nitrogens is 5. The Morgan fingerprint density at radius 1 is 1.12 bits per heavy atom. The van der Waals surface area contributed by atoms with Gasteiger partial charge in [0.15, 0.2) is 5.82 Å². The standard InChI is InChI=1S/C17H15N5S2/c1-3-22-9-18-12(11-7-5-4-6-8-11)14(22)15-20-16(23-2)13-17(21-15)24-10-19-13/h4-10H,3H2,1-2H3. The zero-order valence-corrected chi connectivity index (χ0v) is 14.9. The molecule has 120 valence electrons. The molecule has 0 saturated heterocycles. The summed E-state index contributed by atoms with van der Waals surface area (Å²) in [5, 5.41) is 0.902. The van der Waals surface area contributed by atoms with Crippen LogP contribution in [0.15, 0.2) is 47.2 Å². The van der Waals surface area contributed by atoms with Crippen LogP contribution in [0.3, 0.4) is 0 Å². The summed E-state index contributed by atoms with van der Waals surface area (Å²) in [6.07, 6.45) is 3.87. The second-order valence-corrected chi connectivity index (χ2v) is 6.78. The lowest BCUT2D eigenvalue weighted by molar-refractivity contribution is 0.763. The van der Waals surface area contributed by atoms with Crippen molar-refractivity contribution in [3.63, 3.8) is 0 Å². The summed E-state index contributed by atoms with van der Waals surface area (Å²) in [4.78, 5) is 19.4. The average molecular weight is 353 g/mol. The summed E-state index contributed by atoms with van der Waals surface area (Å²) in [7, 11) is 0. The molecular weight excluding hydrogens is 338 g/mol. The molecule has 0 fully saturated rings. The van der Waals surface area contributed by atoms with Gasteiger partial charge in [-0.1, -0.05) is 30.3 Å². The van der Waals surface area contributed by atoms with Crippen LogP contribution in [0.5, 0.6) is 0 Å². The van der Waals surface area contributed by atoms with Crippen molar-refractivity contribution < 1.29 is 0 Å². The molecule has 7 heteroatoms. The highest BCUT2D eigenvalue weighted by Gasteiger charge is 2.19. The minimum absolute atomic E-state index is 0.703. The van der Waals surface area contributed by atoms with Gasteiger partial charge in [-0.2, -0.15) is 0 Å². The molecule has 0 spiro atoms. The van der Waals surface area contributed by atoms with E-state index < -0.39 is 0 Å². The number of hydrogen-bond acceptors (Lipinski definition) is 6. The lowest BCUT2D eigenvalue weighted by atomic mass is 10.1. The van der Waals surface area contributed by atoms with Crippen LogP contribution in [0.4, 0.5) is 0 Å². The molecule has 0 aliphatic carbocycles. The van der Waals surface area contributed by atoms with Crippen molar-refractivity contribution in [1.82, 2.24) is 24.5 Å². The third-order valence-electron chi connectivity index (χ3n) is 3.80. The largest absolute Gasteiger partial charge is 0.328 e. The van der Waals surface area contributed by atoms with Crippen molar-refractivity contribution in [2.45, 2.75) is 18.5 Å². The van der Waals surface area contributed by atoms with Gasteiger partial charge in [-0.05, 0) is 13.2 Å². The van der Waals surface area contributed by atoms with Gasteiger partial charge >= 0.3 is 0 Å². The van der Waals surface area contributed by atoms with E-state index in [1.807, 2.05) is 36.3 Å². The van der Waals surface area contributed by atoms with Gasteiger partial charge in [-0.25, -0.2) is 19.9 Å². The van der Waals surface area contributed by atoms with Gasteiger partial charge in [-0.3, -0.25) is 0 Å². The lowest BCUT2D eigenvalue weighted by Crippen LogP contribution is -2.01. The van der Waals surface area contributed by atoms with E-state index in [0.29, 0.717) is 5.82 Å². The van der Waals surface area contributed by atoms with Crippen molar-refractivity contribution in [1.29, 1.82) is 0 Å². The van der Waals surface area contributed by atoms with E-state index in [9.17, 15) is 0 Å². The minimum atomic E-state index is 0.703. The van der Waals surface area contributed by atoms with Crippen molar-refractivity contribution >= 4 is 33.4 Å². The van der Waals surface area contributed by atoms with Crippen LogP contribution < -0.4 is 0 Å². The number of rotatable bonds is 4. The lowest BCUT2D eigenvalue weighted by Gasteiger charge is -2.08. The Balaban J connectivity index is 1.98. The number of aryl methyl sites for hydroxylation is 1. The SMILES string of the molecule is CCn1cnc(-c2ccccc2)c1-c1nc(SC)c2ncsc2n1. The molecule has 4 aromatic rings. The van der Waals surface area contributed by atoms with Crippen LogP contribution in [0, 0.1) is 0 Å². The van der Waals surface area contributed by atoms with E-state index in [1.54, 1.807) is 11.8 Å². The first-order chi connectivity index (χ1) is 11.8. The third-order valence-corrected chi connectivity index (χ3v) is 5.19. The summed E-state index contributed by atoms with van der Waals surface area (Å²) in [6.45, 7) is 2.91. The molecule has 5 nitrogen and oxygen atoms in total. The highest BCUT2D eigenvalue weighted by molar-refractivity contribution is 7.98. The highest BCUT2D eigenvalue weighted by Crippen LogP contribution is 2.33. The van der Waals surface area contributed by atoms with Crippen molar-refractivity contribution in [2.24, 2.45) is 0 Å². The molecule has 0 N–H and O–H groups in total. The zero-order chi connectivity index (χ0) is 16.5. The number of benzene rings is 1. The summed E-state index contributed by atoms with van der Waals surface area (Å²) < 4.78 is 2.09. The molecule has 0 amide bonds. The molecule has 0 unspecified atom stereocenters. The summed E-state index contributed by atoms with van der Waals surface area (Å²) in [6, 6.07) is 10.2. The van der Waals surface area contributed by atoms with Gasteiger partial charge in [-0.15, -0.1) is 23.1 Å². The summed E-state index contributed by atoms with van der Waals surface area (Å²) >= 11 is 3.13. The average Bonchev–Trinajstić information content (AvgIpc) is 3.27. The van der Waals surface area contributed by atoms with Crippen LogP contribution in [0.2, 0.25) is 0 Å². The second-order valence-electron chi connectivity index (χ2n) is 5.16. The molecular formula is C17H15N5S2. The number of hydrogen-bond donors (Lipinski definition) is 0. The molecule has 0 atom stereocenters. The first kappa shape index (κ1) is 15.3. The maximum Gasteiger partial charge on any atom is 0.181 e. The summed E-state index contributed by atoms with van der Waals surface area (Å²) in [5.74, 6) is 0.703. The molecule has 24 heavy (non-hydrogen) atoms. The van der Waals surface area contributed by atoms with Crippen molar-refractivity contribution in [3.8, 4) is 22.8 Å². The van der Waals surface area contributed by atoms with Gasteiger partial charge in [0.2, 0.25) is 0 Å². The van der Waals surface area contributed by atoms with Crippen molar-refractivity contribution in [3.05, 3.63) is 42.2 Å². The molecule has 0 aliphatic heterocycles. The Hall–Kier alpha value is -2.25. The highest BCUT2D eigenvalue weighted by atomic mass is 32.2. The fraction of sp³-hybridized carbons (Fsp3) is 0.176. The number of nitrogens with zero attached hydrogens (tertiary/aromatic N) is 5. The van der Waals surface area contributed by atoms with E-state index in [4.69, 9.17) is 9.97 Å². The van der Waals surface area contributed by atoms with E-state index >= 15 is 0 Å². The Morgan fingerprint density at radius 2 is 1.96 bits per heavy atom. The smallest absolute Gasteiger partial charge is 0.181 e. The maximum atomic E-state index is 4.76. The van der Waals surface area contributed by atoms with E-state index in [1.165, 1.54) is 11.3 Å². The predicted octanol–water partition coefficient (Wildman–Crippen LogP) is 4.36. The monoisotopic (exact) mass is 353 g/mol. The van der Waals surface area contributed by atoms with Crippen molar-refractivity contribution in [2.75, 3.05) is 6.26 Å². The Bertz CT molecular complexity index is 991. The Morgan fingerprint density at radius 3 is 2.71 bits per heavy atom. The first-order valence-corrected chi connectivity index (χ1v) is 9.68. The molecule has 3 heterocycles. The van der Waals surface area contributed by atoms with Crippen LogP contribution >= 0.6 is 23.1 Å². The topological polar surface area (TPSA) is 56.5 Å². The Labute approximate surface area is 147 Å². The first-order valence-electron chi connectivity index (χ1n) is 7.58. The molecule has 4 rings (SSSR count). The van der Waals surface area contributed by atoms with Crippen LogP contribution in [0.1, 0.15) is 6.92 Å². The van der Waals surface area contributed by atoms with Gasteiger partial charge in [0.25, 0.3) is 0 Å². The quantitative estimate of drug-likeness (QED) is 0.403. The molecule has 0 radical (unpaired) electrons. The maximum absolute atomic E-state index is 4.76.